The number of pyridine rings is 1. The summed E-state index contributed by atoms with van der Waals surface area (Å²) in [5.74, 6) is -1.93. The van der Waals surface area contributed by atoms with Crippen molar-refractivity contribution in [1.29, 1.82) is 0 Å². The van der Waals surface area contributed by atoms with Crippen molar-refractivity contribution in [2.45, 2.75) is 0 Å². The number of carbonyl (C=O) groups is 1. The van der Waals surface area contributed by atoms with Gasteiger partial charge in [-0.05, 0) is 17.1 Å². The summed E-state index contributed by atoms with van der Waals surface area (Å²) in [6.07, 6.45) is 1.38. The molecule has 0 aromatic carbocycles. The van der Waals surface area contributed by atoms with Crippen molar-refractivity contribution in [3.63, 3.8) is 0 Å². The van der Waals surface area contributed by atoms with Crippen molar-refractivity contribution in [3.8, 4) is 5.82 Å². The van der Waals surface area contributed by atoms with Crippen LogP contribution in [0, 0.1) is 10.1 Å². The number of halogens is 1. The molecule has 2 aromatic heterocycles. The van der Waals surface area contributed by atoms with Crippen LogP contribution >= 0.6 is 11.6 Å². The van der Waals surface area contributed by atoms with E-state index in [0.717, 1.165) is 10.7 Å². The predicted molar refractivity (Wildman–Crippen MR) is 60.0 cm³/mol. The highest BCUT2D eigenvalue weighted by molar-refractivity contribution is 6.32. The number of carboxylic acid groups (broad SMARTS) is 1. The molecule has 0 unspecified atom stereocenters. The fraction of sp³-hybridized carbons (Fsp3) is 0. The summed E-state index contributed by atoms with van der Waals surface area (Å²) in [7, 11) is 0. The number of aromatic carboxylic acids is 1. The Morgan fingerprint density at radius 3 is 2.83 bits per heavy atom. The zero-order valence-corrected chi connectivity index (χ0v) is 9.40. The maximum atomic E-state index is 11.0. The molecule has 0 bridgehead atoms. The van der Waals surface area contributed by atoms with Crippen LogP contribution in [0.4, 0.5) is 5.82 Å². The van der Waals surface area contributed by atoms with Crippen LogP contribution in [-0.2, 0) is 0 Å². The molecule has 2 aromatic rings. The SMILES string of the molecule is O=C(O)c1cc([N+](=O)[O-])nn1-c1ncccc1Cl. The maximum absolute atomic E-state index is 11.0. The normalized spacial score (nSPS) is 10.3. The van der Waals surface area contributed by atoms with E-state index < -0.39 is 16.7 Å². The molecule has 0 spiro atoms. The van der Waals surface area contributed by atoms with Gasteiger partial charge in [-0.3, -0.25) is 0 Å². The highest BCUT2D eigenvalue weighted by atomic mass is 35.5. The Bertz CT molecular complexity index is 639. The van der Waals surface area contributed by atoms with Gasteiger partial charge in [-0.25, -0.2) is 9.78 Å². The van der Waals surface area contributed by atoms with Crippen molar-refractivity contribution >= 4 is 23.4 Å². The Morgan fingerprint density at radius 2 is 2.28 bits per heavy atom. The molecule has 0 aliphatic rings. The molecule has 2 heterocycles. The monoisotopic (exact) mass is 268 g/mol. The molecular formula is C9H5ClN4O4. The summed E-state index contributed by atoms with van der Waals surface area (Å²) in [6, 6.07) is 3.86. The van der Waals surface area contributed by atoms with E-state index in [-0.39, 0.29) is 16.5 Å². The van der Waals surface area contributed by atoms with Gasteiger partial charge in [0.05, 0.1) is 16.2 Å². The van der Waals surface area contributed by atoms with Gasteiger partial charge in [0.15, 0.2) is 11.5 Å². The van der Waals surface area contributed by atoms with Crippen LogP contribution in [0.3, 0.4) is 0 Å². The Labute approximate surface area is 105 Å². The maximum Gasteiger partial charge on any atom is 0.391 e. The zero-order valence-electron chi connectivity index (χ0n) is 8.65. The standard InChI is InChI=1S/C9H5ClN4O4/c10-5-2-1-3-11-8(5)13-6(9(15)16)4-7(12-13)14(17)18/h1-4H,(H,15,16). The van der Waals surface area contributed by atoms with Crippen LogP contribution in [0.2, 0.25) is 5.02 Å². The molecule has 0 aliphatic heterocycles. The largest absolute Gasteiger partial charge is 0.476 e. The van der Waals surface area contributed by atoms with E-state index >= 15 is 0 Å². The van der Waals surface area contributed by atoms with Crippen molar-refractivity contribution in [2.75, 3.05) is 0 Å². The third-order valence-electron chi connectivity index (χ3n) is 2.04. The molecule has 0 radical (unpaired) electrons. The topological polar surface area (TPSA) is 111 Å². The van der Waals surface area contributed by atoms with Gasteiger partial charge in [0, 0.05) is 6.20 Å². The second kappa shape index (κ2) is 4.41. The van der Waals surface area contributed by atoms with Gasteiger partial charge in [0.25, 0.3) is 0 Å². The first-order valence-electron chi connectivity index (χ1n) is 4.59. The number of hydrogen-bond donors (Lipinski definition) is 1. The minimum atomic E-state index is -1.36. The number of nitro groups is 1. The summed E-state index contributed by atoms with van der Waals surface area (Å²) in [5.41, 5.74) is -0.387. The van der Waals surface area contributed by atoms with Gasteiger partial charge in [0.2, 0.25) is 0 Å². The molecule has 0 saturated carbocycles. The van der Waals surface area contributed by atoms with E-state index in [9.17, 15) is 14.9 Å². The molecule has 0 saturated heterocycles. The average Bonchev–Trinajstić information content (AvgIpc) is 2.74. The molecule has 2 rings (SSSR count). The number of carboxylic acids is 1. The molecule has 0 atom stereocenters. The van der Waals surface area contributed by atoms with Crippen LogP contribution < -0.4 is 0 Å². The lowest BCUT2D eigenvalue weighted by molar-refractivity contribution is -0.389. The van der Waals surface area contributed by atoms with Gasteiger partial charge < -0.3 is 15.2 Å². The van der Waals surface area contributed by atoms with Gasteiger partial charge in [0.1, 0.15) is 0 Å². The summed E-state index contributed by atoms with van der Waals surface area (Å²) in [5, 5.41) is 23.2. The third-order valence-corrected chi connectivity index (χ3v) is 2.34. The summed E-state index contributed by atoms with van der Waals surface area (Å²) in [6.45, 7) is 0. The molecule has 0 aliphatic carbocycles. The van der Waals surface area contributed by atoms with E-state index in [1.165, 1.54) is 12.3 Å². The van der Waals surface area contributed by atoms with Crippen LogP contribution in [0.25, 0.3) is 5.82 Å². The molecular weight excluding hydrogens is 264 g/mol. The number of rotatable bonds is 3. The Hall–Kier alpha value is -2.48. The lowest BCUT2D eigenvalue weighted by Crippen LogP contribution is -2.09. The van der Waals surface area contributed by atoms with Gasteiger partial charge in [-0.15, -0.1) is 4.68 Å². The molecule has 8 nitrogen and oxygen atoms in total. The van der Waals surface area contributed by atoms with Crippen LogP contribution in [0.1, 0.15) is 10.5 Å². The molecule has 0 amide bonds. The van der Waals surface area contributed by atoms with E-state index in [1.807, 2.05) is 0 Å². The first kappa shape index (κ1) is 12.0. The molecule has 92 valence electrons. The lowest BCUT2D eigenvalue weighted by Gasteiger charge is -2.00. The van der Waals surface area contributed by atoms with Gasteiger partial charge in [-0.1, -0.05) is 11.6 Å². The molecule has 18 heavy (non-hydrogen) atoms. The Balaban J connectivity index is 2.67. The molecule has 0 fully saturated rings. The average molecular weight is 269 g/mol. The number of aromatic nitrogens is 3. The zero-order chi connectivity index (χ0) is 13.3. The third kappa shape index (κ3) is 2.00. The molecule has 9 heteroatoms. The first-order valence-corrected chi connectivity index (χ1v) is 4.97. The summed E-state index contributed by atoms with van der Waals surface area (Å²) >= 11 is 5.84. The predicted octanol–water partition coefficient (Wildman–Crippen LogP) is 1.53. The highest BCUT2D eigenvalue weighted by Crippen LogP contribution is 2.21. The van der Waals surface area contributed by atoms with E-state index in [1.54, 1.807) is 6.07 Å². The fourth-order valence-electron chi connectivity index (χ4n) is 1.30. The molecule has 1 N–H and O–H groups in total. The van der Waals surface area contributed by atoms with Crippen molar-refractivity contribution in [1.82, 2.24) is 14.8 Å². The van der Waals surface area contributed by atoms with Crippen molar-refractivity contribution in [2.24, 2.45) is 0 Å². The quantitative estimate of drug-likeness (QED) is 0.667. The Morgan fingerprint density at radius 1 is 1.56 bits per heavy atom. The smallest absolute Gasteiger partial charge is 0.391 e. The summed E-state index contributed by atoms with van der Waals surface area (Å²) in [4.78, 5) is 24.6. The minimum absolute atomic E-state index is 0.0182. The minimum Gasteiger partial charge on any atom is -0.476 e. The van der Waals surface area contributed by atoms with Crippen LogP contribution in [0.5, 0.6) is 0 Å². The number of nitrogens with zero attached hydrogens (tertiary/aromatic N) is 4. The van der Waals surface area contributed by atoms with E-state index in [2.05, 4.69) is 10.1 Å². The highest BCUT2D eigenvalue weighted by Gasteiger charge is 2.25. The fourth-order valence-corrected chi connectivity index (χ4v) is 1.51. The lowest BCUT2D eigenvalue weighted by atomic mass is 10.4. The first-order chi connectivity index (χ1) is 8.50. The van der Waals surface area contributed by atoms with Crippen LogP contribution in [-0.4, -0.2) is 30.8 Å². The van der Waals surface area contributed by atoms with E-state index in [4.69, 9.17) is 16.7 Å². The number of hydrogen-bond acceptors (Lipinski definition) is 5. The Kier molecular flexibility index (Phi) is 2.94. The second-order valence-corrected chi connectivity index (χ2v) is 3.58. The van der Waals surface area contributed by atoms with E-state index in [0.29, 0.717) is 0 Å². The van der Waals surface area contributed by atoms with Crippen molar-refractivity contribution in [3.05, 3.63) is 45.2 Å². The van der Waals surface area contributed by atoms with Gasteiger partial charge >= 0.3 is 11.8 Å². The van der Waals surface area contributed by atoms with Gasteiger partial charge in [-0.2, -0.15) is 0 Å². The van der Waals surface area contributed by atoms with Crippen LogP contribution in [0.15, 0.2) is 24.4 Å². The second-order valence-electron chi connectivity index (χ2n) is 3.17. The van der Waals surface area contributed by atoms with Crippen molar-refractivity contribution < 1.29 is 14.8 Å². The summed E-state index contributed by atoms with van der Waals surface area (Å²) < 4.78 is 0.822.